The summed E-state index contributed by atoms with van der Waals surface area (Å²) in [6.07, 6.45) is 2.82. The van der Waals surface area contributed by atoms with Crippen molar-refractivity contribution in [1.29, 1.82) is 0 Å². The molecular formula is C18H16BrN5O2S. The normalized spacial score (nSPS) is 12.2. The summed E-state index contributed by atoms with van der Waals surface area (Å²) in [4.78, 5) is 16.2. The number of nitrogens with one attached hydrogen (secondary N) is 2. The molecular weight excluding hydrogens is 430 g/mol. The fraction of sp³-hybridized carbons (Fsp3) is 0.167. The molecule has 0 saturated carbocycles. The molecule has 0 aliphatic carbocycles. The van der Waals surface area contributed by atoms with Crippen LogP contribution in [-0.2, 0) is 0 Å². The van der Waals surface area contributed by atoms with Crippen LogP contribution in [0.1, 0.15) is 0 Å². The van der Waals surface area contributed by atoms with Crippen LogP contribution in [0.15, 0.2) is 52.6 Å². The Morgan fingerprint density at radius 3 is 2.89 bits per heavy atom. The van der Waals surface area contributed by atoms with Crippen LogP contribution in [0.25, 0.3) is 22.6 Å². The Morgan fingerprint density at radius 1 is 1.26 bits per heavy atom. The minimum Gasteiger partial charge on any atom is -0.491 e. The topological polar surface area (TPSA) is 95.9 Å². The fourth-order valence-electron chi connectivity index (χ4n) is 2.48. The highest BCUT2D eigenvalue weighted by atomic mass is 79.9. The molecule has 3 aromatic heterocycles. The van der Waals surface area contributed by atoms with Crippen molar-refractivity contribution in [1.82, 2.24) is 19.9 Å². The van der Waals surface area contributed by atoms with Crippen molar-refractivity contribution in [2.75, 3.05) is 18.5 Å². The first-order valence-corrected chi connectivity index (χ1v) is 9.90. The highest BCUT2D eigenvalue weighted by molar-refractivity contribution is 9.10. The fourth-order valence-corrected chi connectivity index (χ4v) is 3.34. The van der Waals surface area contributed by atoms with Crippen LogP contribution < -0.4 is 10.1 Å². The average Bonchev–Trinajstić information content (AvgIpc) is 3.34. The Kier molecular flexibility index (Phi) is 5.33. The number of aliphatic hydroxyl groups excluding tert-OH is 1. The zero-order valence-electron chi connectivity index (χ0n) is 14.1. The second-order valence-electron chi connectivity index (χ2n) is 5.81. The molecule has 138 valence electrons. The number of imidazole rings is 1. The van der Waals surface area contributed by atoms with Crippen LogP contribution in [0.5, 0.6) is 5.75 Å². The number of thiazole rings is 1. The van der Waals surface area contributed by atoms with Gasteiger partial charge in [-0.2, -0.15) is 0 Å². The van der Waals surface area contributed by atoms with Gasteiger partial charge < -0.3 is 20.1 Å². The van der Waals surface area contributed by atoms with E-state index in [1.807, 2.05) is 35.7 Å². The lowest BCUT2D eigenvalue weighted by atomic mass is 10.2. The van der Waals surface area contributed by atoms with Gasteiger partial charge in [0.2, 0.25) is 0 Å². The molecule has 0 bridgehead atoms. The molecule has 3 heterocycles. The van der Waals surface area contributed by atoms with Gasteiger partial charge in [-0.05, 0) is 46.3 Å². The van der Waals surface area contributed by atoms with Crippen molar-refractivity contribution in [2.45, 2.75) is 6.10 Å². The second-order valence-corrected chi connectivity index (χ2v) is 7.62. The van der Waals surface area contributed by atoms with Gasteiger partial charge in [-0.25, -0.2) is 15.0 Å². The largest absolute Gasteiger partial charge is 0.491 e. The molecule has 0 spiro atoms. The maximum Gasteiger partial charge on any atom is 0.182 e. The second kappa shape index (κ2) is 8.03. The maximum absolute atomic E-state index is 10.0. The van der Waals surface area contributed by atoms with Gasteiger partial charge in [0.1, 0.15) is 29.8 Å². The number of pyridine rings is 1. The van der Waals surface area contributed by atoms with E-state index in [4.69, 9.17) is 4.74 Å². The molecule has 7 nitrogen and oxygen atoms in total. The molecule has 1 unspecified atom stereocenters. The summed E-state index contributed by atoms with van der Waals surface area (Å²) in [7, 11) is 0. The van der Waals surface area contributed by atoms with Gasteiger partial charge in [0.25, 0.3) is 0 Å². The average molecular weight is 446 g/mol. The predicted octanol–water partition coefficient (Wildman–Crippen LogP) is 3.70. The van der Waals surface area contributed by atoms with Crippen molar-refractivity contribution in [3.05, 3.63) is 52.6 Å². The molecule has 9 heteroatoms. The van der Waals surface area contributed by atoms with E-state index < -0.39 is 6.10 Å². The minimum absolute atomic E-state index is 0.195. The van der Waals surface area contributed by atoms with E-state index in [9.17, 15) is 5.11 Å². The number of aliphatic hydroxyl groups is 1. The van der Waals surface area contributed by atoms with Gasteiger partial charge in [0.05, 0.1) is 0 Å². The van der Waals surface area contributed by atoms with Crippen LogP contribution in [-0.4, -0.2) is 44.3 Å². The lowest BCUT2D eigenvalue weighted by Gasteiger charge is -2.13. The van der Waals surface area contributed by atoms with Crippen molar-refractivity contribution in [3.8, 4) is 17.1 Å². The van der Waals surface area contributed by atoms with Gasteiger partial charge in [-0.1, -0.05) is 0 Å². The highest BCUT2D eigenvalue weighted by Gasteiger charge is 2.09. The first kappa shape index (κ1) is 17.9. The van der Waals surface area contributed by atoms with Crippen molar-refractivity contribution in [3.63, 3.8) is 0 Å². The van der Waals surface area contributed by atoms with Gasteiger partial charge >= 0.3 is 0 Å². The summed E-state index contributed by atoms with van der Waals surface area (Å²) in [6.45, 7) is 0.577. The first-order valence-electron chi connectivity index (χ1n) is 8.23. The smallest absolute Gasteiger partial charge is 0.182 e. The molecule has 4 aromatic rings. The minimum atomic E-state index is -0.631. The van der Waals surface area contributed by atoms with Crippen molar-refractivity contribution < 1.29 is 9.84 Å². The van der Waals surface area contributed by atoms with Gasteiger partial charge in [0.15, 0.2) is 10.8 Å². The molecule has 4 rings (SSSR count). The molecule has 0 aliphatic heterocycles. The number of rotatable bonds is 7. The molecule has 0 fully saturated rings. The molecule has 0 radical (unpaired) electrons. The summed E-state index contributed by atoms with van der Waals surface area (Å²) in [5, 5.41) is 15.7. The Hall–Kier alpha value is -2.49. The van der Waals surface area contributed by atoms with E-state index >= 15 is 0 Å². The molecule has 1 aromatic carbocycles. The summed E-state index contributed by atoms with van der Waals surface area (Å²) in [6, 6.07) is 9.46. The molecule has 0 saturated heterocycles. The Labute approximate surface area is 167 Å². The number of anilines is 1. The third-order valence-electron chi connectivity index (χ3n) is 3.79. The highest BCUT2D eigenvalue weighted by Crippen LogP contribution is 2.23. The van der Waals surface area contributed by atoms with Crippen molar-refractivity contribution >= 4 is 43.6 Å². The Balaban J connectivity index is 1.35. The van der Waals surface area contributed by atoms with Crippen LogP contribution >= 0.6 is 27.3 Å². The van der Waals surface area contributed by atoms with E-state index in [2.05, 4.69) is 41.2 Å². The molecule has 3 N–H and O–H groups in total. The summed E-state index contributed by atoms with van der Waals surface area (Å²) >= 11 is 4.89. The maximum atomic E-state index is 10.0. The van der Waals surface area contributed by atoms with Crippen LogP contribution in [0, 0.1) is 0 Å². The number of halogens is 1. The predicted molar refractivity (Wildman–Crippen MR) is 109 cm³/mol. The number of hydrogen-bond acceptors (Lipinski definition) is 7. The summed E-state index contributed by atoms with van der Waals surface area (Å²) < 4.78 is 6.54. The molecule has 0 aliphatic rings. The standard InChI is InChI=1S/C18H16BrN5O2S/c19-12-7-15-17(21-8-12)24-16(23-15)11-1-3-14(4-2-11)26-10-13(25)9-22-18-20-5-6-27-18/h1-8,13,25H,9-10H2,(H,20,22)(H,21,23,24). The van der Waals surface area contributed by atoms with Gasteiger partial charge in [-0.15, -0.1) is 11.3 Å². The summed E-state index contributed by atoms with van der Waals surface area (Å²) in [5.41, 5.74) is 2.47. The number of fused-ring (bicyclic) bond motifs is 1. The van der Waals surface area contributed by atoms with E-state index in [1.165, 1.54) is 11.3 Å². The summed E-state index contributed by atoms with van der Waals surface area (Å²) in [5.74, 6) is 1.43. The zero-order chi connectivity index (χ0) is 18.6. The zero-order valence-corrected chi connectivity index (χ0v) is 16.5. The van der Waals surface area contributed by atoms with E-state index in [-0.39, 0.29) is 6.61 Å². The van der Waals surface area contributed by atoms with E-state index in [0.29, 0.717) is 12.3 Å². The molecule has 0 amide bonds. The first-order chi connectivity index (χ1) is 13.2. The van der Waals surface area contributed by atoms with Crippen LogP contribution in [0.4, 0.5) is 5.13 Å². The lowest BCUT2D eigenvalue weighted by molar-refractivity contribution is 0.117. The number of nitrogens with zero attached hydrogens (tertiary/aromatic N) is 3. The van der Waals surface area contributed by atoms with Crippen LogP contribution in [0.2, 0.25) is 0 Å². The Bertz CT molecular complexity index is 1020. The molecule has 27 heavy (non-hydrogen) atoms. The number of aromatic nitrogens is 4. The quantitative estimate of drug-likeness (QED) is 0.401. The van der Waals surface area contributed by atoms with Gasteiger partial charge in [0, 0.05) is 34.4 Å². The van der Waals surface area contributed by atoms with E-state index in [0.717, 1.165) is 32.2 Å². The van der Waals surface area contributed by atoms with E-state index in [1.54, 1.807) is 12.4 Å². The number of H-pyrrole nitrogens is 1. The monoisotopic (exact) mass is 445 g/mol. The Morgan fingerprint density at radius 2 is 2.11 bits per heavy atom. The number of ether oxygens (including phenoxy) is 1. The SMILES string of the molecule is OC(CNc1nccs1)COc1ccc(-c2nc3cc(Br)cnc3[nH]2)cc1. The molecule has 1 atom stereocenters. The van der Waals surface area contributed by atoms with Crippen molar-refractivity contribution in [2.24, 2.45) is 0 Å². The number of hydrogen-bond donors (Lipinski definition) is 3. The third-order valence-corrected chi connectivity index (χ3v) is 4.96. The van der Waals surface area contributed by atoms with Gasteiger partial charge in [-0.3, -0.25) is 0 Å². The number of benzene rings is 1. The lowest BCUT2D eigenvalue weighted by Crippen LogP contribution is -2.26. The third kappa shape index (κ3) is 4.44. The van der Waals surface area contributed by atoms with Crippen LogP contribution in [0.3, 0.4) is 0 Å². The number of aromatic amines is 1.